The highest BCUT2D eigenvalue weighted by Crippen LogP contribution is 2.35. The molecule has 1 aliphatic heterocycles. The summed E-state index contributed by atoms with van der Waals surface area (Å²) < 4.78 is 28.0. The van der Waals surface area contributed by atoms with E-state index in [1.807, 2.05) is 6.07 Å². The van der Waals surface area contributed by atoms with Crippen LogP contribution >= 0.6 is 0 Å². The Balaban J connectivity index is 1.63. The lowest BCUT2D eigenvalue weighted by atomic mass is 10.0. The fraction of sp³-hybridized carbons (Fsp3) is 0.185. The molecule has 0 saturated carbocycles. The topological polar surface area (TPSA) is 133 Å². The van der Waals surface area contributed by atoms with E-state index in [4.69, 9.17) is 28.8 Å². The number of rotatable bonds is 11. The van der Waals surface area contributed by atoms with E-state index >= 15 is 0 Å². The van der Waals surface area contributed by atoms with Crippen LogP contribution in [0.3, 0.4) is 0 Å². The molecule has 2 atom stereocenters. The van der Waals surface area contributed by atoms with E-state index in [0.717, 1.165) is 6.08 Å². The number of aliphatic carboxylic acids is 1. The molecule has 0 spiro atoms. The summed E-state index contributed by atoms with van der Waals surface area (Å²) in [4.78, 5) is 24.3. The van der Waals surface area contributed by atoms with Crippen molar-refractivity contribution in [3.63, 3.8) is 0 Å². The van der Waals surface area contributed by atoms with E-state index in [1.54, 1.807) is 66.7 Å². The number of carbonyl (C=O) groups excluding carboxylic acids is 1. The van der Waals surface area contributed by atoms with Crippen molar-refractivity contribution in [3.05, 3.63) is 90.5 Å². The summed E-state index contributed by atoms with van der Waals surface area (Å²) in [6, 6.07) is 20.3. The van der Waals surface area contributed by atoms with Gasteiger partial charge >= 0.3 is 12.1 Å². The molecular weight excluding hydrogens is 482 g/mol. The number of anilines is 1. The third kappa shape index (κ3) is 7.15. The predicted octanol–water partition coefficient (Wildman–Crippen LogP) is 4.16. The second-order valence-corrected chi connectivity index (χ2v) is 7.76. The van der Waals surface area contributed by atoms with Gasteiger partial charge in [-0.1, -0.05) is 30.3 Å². The number of carboxylic acid groups (broad SMARTS) is 1. The fourth-order valence-corrected chi connectivity index (χ4v) is 3.54. The van der Waals surface area contributed by atoms with E-state index in [9.17, 15) is 14.7 Å². The summed E-state index contributed by atoms with van der Waals surface area (Å²) in [6.07, 6.45) is -0.687. The van der Waals surface area contributed by atoms with E-state index < -0.39 is 24.3 Å². The smallest absolute Gasteiger partial charge is 0.412 e. The first-order valence-corrected chi connectivity index (χ1v) is 11.4. The van der Waals surface area contributed by atoms with Crippen LogP contribution in [-0.2, 0) is 9.53 Å². The lowest BCUT2D eigenvalue weighted by molar-refractivity contribution is -0.131. The number of carboxylic acids is 1. The number of hydrogen-bond donors (Lipinski definition) is 3. The van der Waals surface area contributed by atoms with Crippen LogP contribution in [0.4, 0.5) is 10.5 Å². The first kappa shape index (κ1) is 25.4. The van der Waals surface area contributed by atoms with E-state index in [1.165, 1.54) is 6.08 Å². The van der Waals surface area contributed by atoms with Gasteiger partial charge in [-0.2, -0.15) is 0 Å². The average Bonchev–Trinajstić information content (AvgIpc) is 3.37. The minimum atomic E-state index is -1.19. The number of para-hydroxylation sites is 1. The first-order valence-electron chi connectivity index (χ1n) is 11.4. The number of benzene rings is 3. The summed E-state index contributed by atoms with van der Waals surface area (Å²) in [6.45, 7) is -0.0138. The Morgan fingerprint density at radius 1 is 0.973 bits per heavy atom. The van der Waals surface area contributed by atoms with E-state index in [2.05, 4.69) is 5.32 Å². The van der Waals surface area contributed by atoms with Crippen molar-refractivity contribution in [2.75, 3.05) is 25.3 Å². The molecule has 0 bridgehead atoms. The standard InChI is InChI=1S/C27H25NO9/c29-13-14-33-21-8-4-5-18(15-21)26(23(11-12-25(30)31)36-20-6-2-1-3-7-20)37-27(32)28-19-9-10-22-24(16-19)35-17-34-22/h1-12,15-16,23,26,29H,13-14,17H2,(H,28,32)(H,30,31)/b12-11+/t23-,26-/m1/s1. The maximum atomic E-state index is 13.0. The lowest BCUT2D eigenvalue weighted by Gasteiger charge is -2.26. The van der Waals surface area contributed by atoms with Gasteiger partial charge in [-0.3, -0.25) is 5.32 Å². The van der Waals surface area contributed by atoms with Crippen LogP contribution < -0.4 is 24.3 Å². The SMILES string of the molecule is O=C(O)/C=C/[C@@H](Oc1ccccc1)[C@H](OC(=O)Nc1ccc2c(c1)OCO2)c1cccc(OCCO)c1. The number of ether oxygens (including phenoxy) is 5. The maximum Gasteiger partial charge on any atom is 0.412 e. The summed E-state index contributed by atoms with van der Waals surface area (Å²) in [5.41, 5.74) is 0.891. The Bertz CT molecular complexity index is 1250. The molecule has 3 aromatic carbocycles. The van der Waals surface area contributed by atoms with Crippen LogP contribution in [0, 0.1) is 0 Å². The van der Waals surface area contributed by atoms with Gasteiger partial charge in [-0.05, 0) is 42.5 Å². The Morgan fingerprint density at radius 3 is 2.54 bits per heavy atom. The van der Waals surface area contributed by atoms with Gasteiger partial charge in [0.25, 0.3) is 0 Å². The molecule has 10 nitrogen and oxygen atoms in total. The first-order chi connectivity index (χ1) is 18.0. The Morgan fingerprint density at radius 2 is 1.76 bits per heavy atom. The second kappa shape index (κ2) is 12.3. The normalized spacial score (nSPS) is 13.5. The quantitative estimate of drug-likeness (QED) is 0.327. The van der Waals surface area contributed by atoms with Crippen molar-refractivity contribution >= 4 is 17.7 Å². The average molecular weight is 507 g/mol. The second-order valence-electron chi connectivity index (χ2n) is 7.76. The highest BCUT2D eigenvalue weighted by Gasteiger charge is 2.28. The molecule has 37 heavy (non-hydrogen) atoms. The molecule has 192 valence electrons. The van der Waals surface area contributed by atoms with Gasteiger partial charge in [0, 0.05) is 23.4 Å². The molecule has 1 aliphatic rings. The minimum absolute atomic E-state index is 0.0719. The van der Waals surface area contributed by atoms with Gasteiger partial charge in [-0.15, -0.1) is 0 Å². The van der Waals surface area contributed by atoms with Gasteiger partial charge in [0.15, 0.2) is 23.7 Å². The summed E-state index contributed by atoms with van der Waals surface area (Å²) in [7, 11) is 0. The molecule has 0 unspecified atom stereocenters. The number of nitrogens with one attached hydrogen (secondary N) is 1. The number of aliphatic hydroxyl groups is 1. The van der Waals surface area contributed by atoms with E-state index in [0.29, 0.717) is 34.2 Å². The van der Waals surface area contributed by atoms with Crippen molar-refractivity contribution in [1.82, 2.24) is 0 Å². The summed E-state index contributed by atoms with van der Waals surface area (Å²) in [5.74, 6) is 0.728. The van der Waals surface area contributed by atoms with Crippen molar-refractivity contribution in [2.45, 2.75) is 12.2 Å². The molecule has 1 amide bonds. The molecule has 0 fully saturated rings. The third-order valence-electron chi connectivity index (χ3n) is 5.14. The van der Waals surface area contributed by atoms with Crippen LogP contribution in [0.15, 0.2) is 84.9 Å². The largest absolute Gasteiger partial charge is 0.491 e. The van der Waals surface area contributed by atoms with Crippen molar-refractivity contribution in [2.24, 2.45) is 0 Å². The van der Waals surface area contributed by atoms with Crippen molar-refractivity contribution in [3.8, 4) is 23.0 Å². The third-order valence-corrected chi connectivity index (χ3v) is 5.14. The van der Waals surface area contributed by atoms with Crippen LogP contribution in [0.2, 0.25) is 0 Å². The molecular formula is C27H25NO9. The Kier molecular flexibility index (Phi) is 8.45. The van der Waals surface area contributed by atoms with Crippen molar-refractivity contribution < 1.29 is 43.5 Å². The number of aliphatic hydroxyl groups excluding tert-OH is 1. The van der Waals surface area contributed by atoms with Gasteiger partial charge in [0.05, 0.1) is 6.61 Å². The van der Waals surface area contributed by atoms with Crippen LogP contribution in [-0.4, -0.2) is 48.4 Å². The van der Waals surface area contributed by atoms with Crippen LogP contribution in [0.5, 0.6) is 23.0 Å². The zero-order valence-corrected chi connectivity index (χ0v) is 19.6. The molecule has 4 rings (SSSR count). The molecule has 0 aromatic heterocycles. The number of fused-ring (bicyclic) bond motifs is 1. The summed E-state index contributed by atoms with van der Waals surface area (Å²) in [5, 5.41) is 21.0. The highest BCUT2D eigenvalue weighted by atomic mass is 16.7. The number of amides is 1. The Hall–Kier alpha value is -4.70. The molecule has 0 radical (unpaired) electrons. The molecule has 10 heteroatoms. The molecule has 0 saturated heterocycles. The van der Waals surface area contributed by atoms with Gasteiger partial charge < -0.3 is 33.9 Å². The zero-order valence-electron chi connectivity index (χ0n) is 19.6. The fourth-order valence-electron chi connectivity index (χ4n) is 3.54. The molecule has 1 heterocycles. The van der Waals surface area contributed by atoms with Crippen LogP contribution in [0.1, 0.15) is 11.7 Å². The zero-order chi connectivity index (χ0) is 26.0. The highest BCUT2D eigenvalue weighted by molar-refractivity contribution is 5.85. The molecule has 0 aliphatic carbocycles. The predicted molar refractivity (Wildman–Crippen MR) is 132 cm³/mol. The van der Waals surface area contributed by atoms with Crippen LogP contribution in [0.25, 0.3) is 0 Å². The number of hydrogen-bond acceptors (Lipinski definition) is 8. The lowest BCUT2D eigenvalue weighted by Crippen LogP contribution is -2.29. The Labute approximate surface area is 212 Å². The minimum Gasteiger partial charge on any atom is -0.491 e. The number of carbonyl (C=O) groups is 2. The van der Waals surface area contributed by atoms with Gasteiger partial charge in [-0.25, -0.2) is 9.59 Å². The van der Waals surface area contributed by atoms with Gasteiger partial charge in [0.2, 0.25) is 6.79 Å². The van der Waals surface area contributed by atoms with Gasteiger partial charge in [0.1, 0.15) is 18.1 Å². The summed E-state index contributed by atoms with van der Waals surface area (Å²) >= 11 is 0. The van der Waals surface area contributed by atoms with Crippen molar-refractivity contribution in [1.29, 1.82) is 0 Å². The molecule has 3 N–H and O–H groups in total. The monoisotopic (exact) mass is 507 g/mol. The molecule has 3 aromatic rings. The maximum absolute atomic E-state index is 13.0. The van der Waals surface area contributed by atoms with E-state index in [-0.39, 0.29) is 20.0 Å².